The predicted molar refractivity (Wildman–Crippen MR) is 110 cm³/mol. The third kappa shape index (κ3) is 6.23. The summed E-state index contributed by atoms with van der Waals surface area (Å²) in [6.07, 6.45) is 0. The van der Waals surface area contributed by atoms with Crippen molar-refractivity contribution in [1.29, 1.82) is 0 Å². The molecule has 0 radical (unpaired) electrons. The zero-order valence-corrected chi connectivity index (χ0v) is 16.7. The number of hydrogen-bond acceptors (Lipinski definition) is 4. The van der Waals surface area contributed by atoms with Gasteiger partial charge in [0.1, 0.15) is 0 Å². The van der Waals surface area contributed by atoms with Crippen molar-refractivity contribution >= 4 is 28.9 Å². The van der Waals surface area contributed by atoms with Crippen LogP contribution in [0.1, 0.15) is 0 Å². The first-order chi connectivity index (χ1) is 14.4. The van der Waals surface area contributed by atoms with Gasteiger partial charge in [-0.15, -0.1) is 0 Å². The summed E-state index contributed by atoms with van der Waals surface area (Å²) in [5.74, 6) is -2.65. The van der Waals surface area contributed by atoms with E-state index in [9.17, 15) is 18.4 Å². The highest BCUT2D eigenvalue weighted by Crippen LogP contribution is 2.19. The van der Waals surface area contributed by atoms with Gasteiger partial charge in [-0.05, 0) is 36.4 Å². The Morgan fingerprint density at radius 2 is 1.50 bits per heavy atom. The summed E-state index contributed by atoms with van der Waals surface area (Å²) >= 11 is 0. The molecule has 160 valence electrons. The van der Waals surface area contributed by atoms with Crippen LogP contribution < -0.4 is 20.4 Å². The molecule has 1 saturated heterocycles. The van der Waals surface area contributed by atoms with E-state index in [4.69, 9.17) is 4.74 Å². The molecule has 0 spiro atoms. The normalized spacial score (nSPS) is 14.8. The SMILES string of the molecule is C[NH+](CC(=O)Nc1ccc(N2CCOCC2)cc1)CC(=O)Nc1ccc(F)c(F)c1. The molecule has 1 atom stereocenters. The lowest BCUT2D eigenvalue weighted by molar-refractivity contribution is -0.862. The summed E-state index contributed by atoms with van der Waals surface area (Å²) in [6, 6.07) is 10.7. The van der Waals surface area contributed by atoms with Crippen LogP contribution in [-0.4, -0.2) is 58.3 Å². The minimum Gasteiger partial charge on any atom is -0.378 e. The molecule has 3 N–H and O–H groups in total. The highest BCUT2D eigenvalue weighted by molar-refractivity contribution is 5.93. The standard InChI is InChI=1S/C21H24F2N4O3/c1-26(14-21(29)25-16-4-7-18(22)19(23)12-16)13-20(28)24-15-2-5-17(6-3-15)27-8-10-30-11-9-27/h2-7,12H,8-11,13-14H2,1H3,(H,24,28)(H,25,29)/p+1. The number of likely N-dealkylation sites (N-methyl/N-ethyl adjacent to an activating group) is 1. The van der Waals surface area contributed by atoms with Gasteiger partial charge in [-0.25, -0.2) is 8.78 Å². The van der Waals surface area contributed by atoms with Crippen LogP contribution in [0.25, 0.3) is 0 Å². The lowest BCUT2D eigenvalue weighted by Crippen LogP contribution is -3.11. The third-order valence-electron chi connectivity index (χ3n) is 4.66. The monoisotopic (exact) mass is 419 g/mol. The van der Waals surface area contributed by atoms with E-state index in [2.05, 4.69) is 15.5 Å². The first-order valence-corrected chi connectivity index (χ1v) is 9.69. The van der Waals surface area contributed by atoms with Gasteiger partial charge in [0.25, 0.3) is 11.8 Å². The number of nitrogens with one attached hydrogen (secondary N) is 3. The maximum absolute atomic E-state index is 13.2. The molecule has 3 rings (SSSR count). The summed E-state index contributed by atoms with van der Waals surface area (Å²) < 4.78 is 31.5. The maximum atomic E-state index is 13.2. The Labute approximate surface area is 173 Å². The molecule has 2 aromatic rings. The molecule has 2 amide bonds. The lowest BCUT2D eigenvalue weighted by atomic mass is 10.2. The van der Waals surface area contributed by atoms with Crippen LogP contribution in [0.15, 0.2) is 42.5 Å². The number of carbonyl (C=O) groups is 2. The molecule has 30 heavy (non-hydrogen) atoms. The van der Waals surface area contributed by atoms with Gasteiger partial charge in [0, 0.05) is 36.2 Å². The number of morpholine rings is 1. The average Bonchev–Trinajstić information content (AvgIpc) is 2.71. The van der Waals surface area contributed by atoms with Crippen molar-refractivity contribution in [3.8, 4) is 0 Å². The number of nitrogens with zero attached hydrogens (tertiary/aromatic N) is 1. The van der Waals surface area contributed by atoms with E-state index in [0.717, 1.165) is 30.9 Å². The van der Waals surface area contributed by atoms with E-state index < -0.39 is 17.5 Å². The second-order valence-corrected chi connectivity index (χ2v) is 7.18. The van der Waals surface area contributed by atoms with E-state index in [-0.39, 0.29) is 24.7 Å². The van der Waals surface area contributed by atoms with Gasteiger partial charge in [0.15, 0.2) is 24.7 Å². The van der Waals surface area contributed by atoms with Crippen LogP contribution in [0.4, 0.5) is 25.8 Å². The van der Waals surface area contributed by atoms with Crippen LogP contribution >= 0.6 is 0 Å². The van der Waals surface area contributed by atoms with Gasteiger partial charge >= 0.3 is 0 Å². The average molecular weight is 419 g/mol. The number of anilines is 3. The van der Waals surface area contributed by atoms with Gasteiger partial charge in [-0.1, -0.05) is 0 Å². The third-order valence-corrected chi connectivity index (χ3v) is 4.66. The van der Waals surface area contributed by atoms with Gasteiger partial charge in [0.2, 0.25) is 0 Å². The first-order valence-electron chi connectivity index (χ1n) is 9.69. The molecule has 0 aromatic heterocycles. The van der Waals surface area contributed by atoms with E-state index >= 15 is 0 Å². The Morgan fingerprint density at radius 1 is 0.933 bits per heavy atom. The van der Waals surface area contributed by atoms with Crippen LogP contribution in [0.3, 0.4) is 0 Å². The quantitative estimate of drug-likeness (QED) is 0.623. The van der Waals surface area contributed by atoms with Crippen molar-refractivity contribution < 1.29 is 28.0 Å². The van der Waals surface area contributed by atoms with Gasteiger partial charge in [-0.3, -0.25) is 9.59 Å². The molecule has 1 aliphatic heterocycles. The number of benzene rings is 2. The molecule has 2 aromatic carbocycles. The molecule has 1 fully saturated rings. The van der Waals surface area contributed by atoms with Crippen LogP contribution in [0, 0.1) is 11.6 Å². The molecular weight excluding hydrogens is 394 g/mol. The molecule has 9 heteroatoms. The highest BCUT2D eigenvalue weighted by atomic mass is 19.2. The Balaban J connectivity index is 1.44. The number of ether oxygens (including phenoxy) is 1. The van der Waals surface area contributed by atoms with Crippen LogP contribution in [0.2, 0.25) is 0 Å². The molecular formula is C21H25F2N4O3+. The summed E-state index contributed by atoms with van der Waals surface area (Å²) in [5.41, 5.74) is 1.92. The van der Waals surface area contributed by atoms with Crippen molar-refractivity contribution in [2.45, 2.75) is 0 Å². The molecule has 1 heterocycles. The van der Waals surface area contributed by atoms with E-state index in [1.807, 2.05) is 24.3 Å². The summed E-state index contributed by atoms with van der Waals surface area (Å²) in [6.45, 7) is 3.17. The molecule has 0 saturated carbocycles. The van der Waals surface area contributed by atoms with Crippen molar-refractivity contribution in [1.82, 2.24) is 0 Å². The fourth-order valence-electron chi connectivity index (χ4n) is 3.17. The Bertz CT molecular complexity index is 886. The number of halogens is 2. The fourth-order valence-corrected chi connectivity index (χ4v) is 3.17. The lowest BCUT2D eigenvalue weighted by Gasteiger charge is -2.28. The fraction of sp³-hybridized carbons (Fsp3) is 0.333. The number of hydrogen-bond donors (Lipinski definition) is 3. The van der Waals surface area contributed by atoms with E-state index in [1.165, 1.54) is 6.07 Å². The number of rotatable bonds is 7. The Kier molecular flexibility index (Phi) is 7.31. The van der Waals surface area contributed by atoms with Crippen LogP contribution in [-0.2, 0) is 14.3 Å². The van der Waals surface area contributed by atoms with Crippen molar-refractivity contribution in [2.24, 2.45) is 0 Å². The van der Waals surface area contributed by atoms with Gasteiger partial charge < -0.3 is 25.2 Å². The molecule has 1 unspecified atom stereocenters. The highest BCUT2D eigenvalue weighted by Gasteiger charge is 2.16. The Morgan fingerprint density at radius 3 is 2.10 bits per heavy atom. The van der Waals surface area contributed by atoms with Gasteiger partial charge in [-0.2, -0.15) is 0 Å². The number of amides is 2. The van der Waals surface area contributed by atoms with Crippen molar-refractivity contribution in [3.63, 3.8) is 0 Å². The molecule has 0 bridgehead atoms. The smallest absolute Gasteiger partial charge is 0.279 e. The molecule has 7 nitrogen and oxygen atoms in total. The zero-order chi connectivity index (χ0) is 21.5. The second-order valence-electron chi connectivity index (χ2n) is 7.18. The van der Waals surface area contributed by atoms with E-state index in [0.29, 0.717) is 23.8 Å². The zero-order valence-electron chi connectivity index (χ0n) is 16.7. The van der Waals surface area contributed by atoms with Crippen molar-refractivity contribution in [3.05, 3.63) is 54.1 Å². The van der Waals surface area contributed by atoms with Crippen LogP contribution in [0.5, 0.6) is 0 Å². The minimum absolute atomic E-state index is 0.00237. The number of quaternary nitrogens is 1. The predicted octanol–water partition coefficient (Wildman–Crippen LogP) is 0.893. The minimum atomic E-state index is -1.03. The van der Waals surface area contributed by atoms with Crippen molar-refractivity contribution in [2.75, 3.05) is 62.0 Å². The largest absolute Gasteiger partial charge is 0.378 e. The maximum Gasteiger partial charge on any atom is 0.279 e. The molecule has 0 aliphatic carbocycles. The Hall–Kier alpha value is -3.04. The van der Waals surface area contributed by atoms with E-state index in [1.54, 1.807) is 7.05 Å². The first kappa shape index (κ1) is 21.7. The number of carbonyl (C=O) groups excluding carboxylic acids is 2. The summed E-state index contributed by atoms with van der Waals surface area (Å²) in [5, 5.41) is 5.30. The summed E-state index contributed by atoms with van der Waals surface area (Å²) in [4.78, 5) is 27.2. The molecule has 1 aliphatic rings. The topological polar surface area (TPSA) is 75.1 Å². The van der Waals surface area contributed by atoms with Gasteiger partial charge in [0.05, 0.1) is 20.3 Å². The summed E-state index contributed by atoms with van der Waals surface area (Å²) in [7, 11) is 1.70. The second kappa shape index (κ2) is 10.1.